The molecule has 0 N–H and O–H groups in total. The van der Waals surface area contributed by atoms with Crippen LogP contribution in [0.1, 0.15) is 51.9 Å². The Morgan fingerprint density at radius 1 is 1.36 bits per heavy atom. The fourth-order valence-corrected chi connectivity index (χ4v) is 3.77. The maximum atomic E-state index is 12.3. The van der Waals surface area contributed by atoms with Gasteiger partial charge in [-0.15, -0.1) is 5.10 Å². The van der Waals surface area contributed by atoms with Crippen LogP contribution in [0.4, 0.5) is 0 Å². The third-order valence-electron chi connectivity index (χ3n) is 4.29. The number of nitrogens with zero attached hydrogens (tertiary/aromatic N) is 5. The van der Waals surface area contributed by atoms with Crippen LogP contribution in [0.2, 0.25) is 0 Å². The normalized spacial score (nSPS) is 15.9. The SMILES string of the molecule is CCN(CC1CCCCC1)C(=O)CCCSc1nnnn1C. The van der Waals surface area contributed by atoms with E-state index in [0.29, 0.717) is 12.3 Å². The Morgan fingerprint density at radius 2 is 2.14 bits per heavy atom. The maximum Gasteiger partial charge on any atom is 0.222 e. The number of aryl methyl sites for hydroxylation is 1. The van der Waals surface area contributed by atoms with E-state index in [1.54, 1.807) is 16.4 Å². The van der Waals surface area contributed by atoms with Gasteiger partial charge in [0.25, 0.3) is 0 Å². The van der Waals surface area contributed by atoms with Gasteiger partial charge in [0.05, 0.1) is 0 Å². The van der Waals surface area contributed by atoms with Gasteiger partial charge in [0.2, 0.25) is 11.1 Å². The zero-order valence-electron chi connectivity index (χ0n) is 13.7. The van der Waals surface area contributed by atoms with E-state index >= 15 is 0 Å². The highest BCUT2D eigenvalue weighted by Crippen LogP contribution is 2.24. The van der Waals surface area contributed by atoms with Gasteiger partial charge in [0.1, 0.15) is 0 Å². The minimum absolute atomic E-state index is 0.296. The highest BCUT2D eigenvalue weighted by atomic mass is 32.2. The molecular weight excluding hydrogens is 298 g/mol. The van der Waals surface area contributed by atoms with Crippen LogP contribution in [0.3, 0.4) is 0 Å². The molecular formula is C15H27N5OS. The van der Waals surface area contributed by atoms with E-state index in [4.69, 9.17) is 0 Å². The monoisotopic (exact) mass is 325 g/mol. The number of hydrogen-bond donors (Lipinski definition) is 0. The largest absolute Gasteiger partial charge is 0.343 e. The molecule has 1 fully saturated rings. The molecule has 7 heteroatoms. The highest BCUT2D eigenvalue weighted by Gasteiger charge is 2.19. The molecule has 22 heavy (non-hydrogen) atoms. The van der Waals surface area contributed by atoms with Crippen molar-refractivity contribution in [2.75, 3.05) is 18.8 Å². The molecule has 0 aliphatic heterocycles. The number of rotatable bonds is 8. The lowest BCUT2D eigenvalue weighted by Gasteiger charge is -2.29. The van der Waals surface area contributed by atoms with Crippen molar-refractivity contribution in [1.82, 2.24) is 25.1 Å². The van der Waals surface area contributed by atoms with Gasteiger partial charge in [-0.2, -0.15) is 0 Å². The van der Waals surface area contributed by atoms with E-state index < -0.39 is 0 Å². The lowest BCUT2D eigenvalue weighted by molar-refractivity contribution is -0.131. The summed E-state index contributed by atoms with van der Waals surface area (Å²) in [5, 5.41) is 12.1. The molecule has 1 aliphatic rings. The Balaban J connectivity index is 1.66. The van der Waals surface area contributed by atoms with E-state index in [1.165, 1.54) is 32.1 Å². The van der Waals surface area contributed by atoms with Crippen LogP contribution in [0.15, 0.2) is 5.16 Å². The lowest BCUT2D eigenvalue weighted by Crippen LogP contribution is -2.35. The molecule has 1 aliphatic carbocycles. The van der Waals surface area contributed by atoms with Crippen molar-refractivity contribution in [3.63, 3.8) is 0 Å². The maximum absolute atomic E-state index is 12.3. The number of carbonyl (C=O) groups is 1. The number of hydrogen-bond acceptors (Lipinski definition) is 5. The molecule has 1 aromatic heterocycles. The Kier molecular flexibility index (Phi) is 7.15. The van der Waals surface area contributed by atoms with Gasteiger partial charge in [-0.25, -0.2) is 4.68 Å². The van der Waals surface area contributed by atoms with Gasteiger partial charge in [-0.05, 0) is 42.5 Å². The predicted octanol–water partition coefficient (Wildman–Crippen LogP) is 2.51. The van der Waals surface area contributed by atoms with Gasteiger partial charge in [-0.1, -0.05) is 31.0 Å². The summed E-state index contributed by atoms with van der Waals surface area (Å²) < 4.78 is 1.66. The summed E-state index contributed by atoms with van der Waals surface area (Å²) in [4.78, 5) is 14.4. The summed E-state index contributed by atoms with van der Waals surface area (Å²) in [7, 11) is 1.83. The van der Waals surface area contributed by atoms with Gasteiger partial charge >= 0.3 is 0 Å². The summed E-state index contributed by atoms with van der Waals surface area (Å²) in [5.41, 5.74) is 0. The fraction of sp³-hybridized carbons (Fsp3) is 0.867. The molecule has 0 bridgehead atoms. The van der Waals surface area contributed by atoms with Gasteiger partial charge in [0, 0.05) is 32.3 Å². The smallest absolute Gasteiger partial charge is 0.222 e. The quantitative estimate of drug-likeness (QED) is 0.543. The summed E-state index contributed by atoms with van der Waals surface area (Å²) in [6, 6.07) is 0. The zero-order valence-corrected chi connectivity index (χ0v) is 14.5. The lowest BCUT2D eigenvalue weighted by atomic mass is 9.89. The van der Waals surface area contributed by atoms with Crippen molar-refractivity contribution in [2.24, 2.45) is 13.0 Å². The van der Waals surface area contributed by atoms with Crippen molar-refractivity contribution >= 4 is 17.7 Å². The van der Waals surface area contributed by atoms with Crippen LogP contribution < -0.4 is 0 Å². The standard InChI is InChI=1S/C15H27N5OS/c1-3-20(12-13-8-5-4-6-9-13)14(21)10-7-11-22-15-16-17-18-19(15)2/h13H,3-12H2,1-2H3. The Bertz CT molecular complexity index is 459. The molecule has 1 aromatic rings. The third kappa shape index (κ3) is 5.26. The first-order valence-corrected chi connectivity index (χ1v) is 9.32. The Hall–Kier alpha value is -1.11. The summed E-state index contributed by atoms with van der Waals surface area (Å²) in [6.45, 7) is 3.87. The van der Waals surface area contributed by atoms with E-state index in [0.717, 1.165) is 36.3 Å². The fourth-order valence-electron chi connectivity index (χ4n) is 2.98. The second-order valence-electron chi connectivity index (χ2n) is 5.97. The number of aromatic nitrogens is 4. The van der Waals surface area contributed by atoms with Crippen LogP contribution >= 0.6 is 11.8 Å². The van der Waals surface area contributed by atoms with E-state index in [-0.39, 0.29) is 0 Å². The Labute approximate surface area is 137 Å². The molecule has 2 rings (SSSR count). The molecule has 124 valence electrons. The molecule has 0 aromatic carbocycles. The summed E-state index contributed by atoms with van der Waals surface area (Å²) in [5.74, 6) is 1.89. The molecule has 0 atom stereocenters. The number of amides is 1. The second kappa shape index (κ2) is 9.12. The van der Waals surface area contributed by atoms with Crippen LogP contribution in [0, 0.1) is 5.92 Å². The average molecular weight is 325 g/mol. The van der Waals surface area contributed by atoms with Crippen molar-refractivity contribution in [3.8, 4) is 0 Å². The predicted molar refractivity (Wildman–Crippen MR) is 87.6 cm³/mol. The Morgan fingerprint density at radius 3 is 2.77 bits per heavy atom. The molecule has 0 radical (unpaired) electrons. The molecule has 0 spiro atoms. The number of thioether (sulfide) groups is 1. The van der Waals surface area contributed by atoms with E-state index in [1.807, 2.05) is 11.9 Å². The zero-order chi connectivity index (χ0) is 15.8. The topological polar surface area (TPSA) is 63.9 Å². The van der Waals surface area contributed by atoms with Crippen molar-refractivity contribution < 1.29 is 4.79 Å². The second-order valence-corrected chi connectivity index (χ2v) is 7.04. The van der Waals surface area contributed by atoms with Crippen molar-refractivity contribution in [2.45, 2.75) is 57.0 Å². The van der Waals surface area contributed by atoms with Crippen LogP contribution in [-0.2, 0) is 11.8 Å². The average Bonchev–Trinajstić information content (AvgIpc) is 2.95. The first kappa shape index (κ1) is 17.2. The van der Waals surface area contributed by atoms with Crippen LogP contribution in [-0.4, -0.2) is 49.9 Å². The van der Waals surface area contributed by atoms with Crippen LogP contribution in [0.5, 0.6) is 0 Å². The van der Waals surface area contributed by atoms with Crippen LogP contribution in [0.25, 0.3) is 0 Å². The van der Waals surface area contributed by atoms with Crippen molar-refractivity contribution in [1.29, 1.82) is 0 Å². The molecule has 1 saturated carbocycles. The van der Waals surface area contributed by atoms with Gasteiger partial charge < -0.3 is 4.90 Å². The van der Waals surface area contributed by atoms with Crippen molar-refractivity contribution in [3.05, 3.63) is 0 Å². The molecule has 0 unspecified atom stereocenters. The van der Waals surface area contributed by atoms with E-state index in [9.17, 15) is 4.79 Å². The summed E-state index contributed by atoms with van der Waals surface area (Å²) in [6.07, 6.45) is 8.11. The number of carbonyl (C=O) groups excluding carboxylic acids is 1. The van der Waals surface area contributed by atoms with Gasteiger partial charge in [0.15, 0.2) is 0 Å². The van der Waals surface area contributed by atoms with Gasteiger partial charge in [-0.3, -0.25) is 4.79 Å². The number of tetrazole rings is 1. The molecule has 6 nitrogen and oxygen atoms in total. The highest BCUT2D eigenvalue weighted by molar-refractivity contribution is 7.99. The minimum atomic E-state index is 0.296. The first-order valence-electron chi connectivity index (χ1n) is 8.33. The first-order chi connectivity index (χ1) is 10.7. The summed E-state index contributed by atoms with van der Waals surface area (Å²) >= 11 is 1.61. The minimum Gasteiger partial charge on any atom is -0.343 e. The molecule has 1 amide bonds. The molecule has 0 saturated heterocycles. The van der Waals surface area contributed by atoms with E-state index in [2.05, 4.69) is 22.4 Å². The third-order valence-corrected chi connectivity index (χ3v) is 5.38. The molecule has 1 heterocycles.